The van der Waals surface area contributed by atoms with Gasteiger partial charge < -0.3 is 20.1 Å². The van der Waals surface area contributed by atoms with E-state index in [1.807, 2.05) is 24.3 Å². The van der Waals surface area contributed by atoms with Crippen LogP contribution in [0.5, 0.6) is 11.5 Å². The van der Waals surface area contributed by atoms with E-state index >= 15 is 0 Å². The molecule has 4 aliphatic rings. The molecule has 4 atom stereocenters. The minimum atomic E-state index is -0.143. The zero-order chi connectivity index (χ0) is 25.9. The number of carbonyl (C=O) groups excluding carboxylic acids is 1. The summed E-state index contributed by atoms with van der Waals surface area (Å²) in [6, 6.07) is 14.2. The summed E-state index contributed by atoms with van der Waals surface area (Å²) in [5.41, 5.74) is 8.49. The van der Waals surface area contributed by atoms with Crippen LogP contribution in [0.3, 0.4) is 0 Å². The summed E-state index contributed by atoms with van der Waals surface area (Å²) in [5, 5.41) is 7.78. The molecule has 3 fully saturated rings. The molecule has 6 rings (SSSR count). The standard InChI is InChI=1S/C30H38N4O3/c1-30(2)25-24(26(33(30)3)20-10-12-21(13-11-20)28(31)32)29(35)34(27(25)19-7-5-4-6-8-19)16-18-9-14-22-23(15-18)37-17-36-22/h9-15,19,24-27H,4-8,16-17H2,1-3H3,(H3,31,32)/t24-,25-,26-,27+/m1/s1. The van der Waals surface area contributed by atoms with Crippen LogP contribution in [0.1, 0.15) is 68.7 Å². The van der Waals surface area contributed by atoms with Gasteiger partial charge in [0.15, 0.2) is 11.5 Å². The lowest BCUT2D eigenvalue weighted by molar-refractivity contribution is -0.135. The number of nitrogens with two attached hydrogens (primary N) is 1. The number of likely N-dealkylation sites (tertiary alicyclic amines) is 2. The van der Waals surface area contributed by atoms with Crippen molar-refractivity contribution in [1.82, 2.24) is 9.80 Å². The lowest BCUT2D eigenvalue weighted by atomic mass is 9.71. The topological polar surface area (TPSA) is 91.9 Å². The number of ether oxygens (including phenoxy) is 2. The van der Waals surface area contributed by atoms with E-state index in [1.165, 1.54) is 32.1 Å². The molecule has 3 N–H and O–H groups in total. The van der Waals surface area contributed by atoms with E-state index in [2.05, 4.69) is 48.9 Å². The van der Waals surface area contributed by atoms with Gasteiger partial charge in [-0.05, 0) is 62.9 Å². The summed E-state index contributed by atoms with van der Waals surface area (Å²) >= 11 is 0. The van der Waals surface area contributed by atoms with Crippen molar-refractivity contribution in [2.75, 3.05) is 13.8 Å². The number of nitrogen functional groups attached to an aromatic ring is 1. The fraction of sp³-hybridized carbons (Fsp3) is 0.533. The Bertz CT molecular complexity index is 1200. The molecule has 0 unspecified atom stereocenters. The van der Waals surface area contributed by atoms with Gasteiger partial charge in [0.1, 0.15) is 5.84 Å². The van der Waals surface area contributed by atoms with Gasteiger partial charge in [0.2, 0.25) is 12.7 Å². The molecule has 196 valence electrons. The van der Waals surface area contributed by atoms with Gasteiger partial charge in [0.25, 0.3) is 0 Å². The molecule has 1 aliphatic carbocycles. The van der Waals surface area contributed by atoms with Crippen molar-refractivity contribution < 1.29 is 14.3 Å². The van der Waals surface area contributed by atoms with Gasteiger partial charge in [-0.25, -0.2) is 0 Å². The predicted octanol–water partition coefficient (Wildman–Crippen LogP) is 4.69. The third-order valence-electron chi connectivity index (χ3n) is 9.65. The molecule has 1 amide bonds. The molecule has 2 saturated heterocycles. The number of carbonyl (C=O) groups is 1. The minimum absolute atomic E-state index is 0.0126. The van der Waals surface area contributed by atoms with E-state index in [-0.39, 0.29) is 48.0 Å². The minimum Gasteiger partial charge on any atom is -0.454 e. The van der Waals surface area contributed by atoms with Crippen LogP contribution in [0.4, 0.5) is 0 Å². The average Bonchev–Trinajstić information content (AvgIpc) is 3.53. The summed E-state index contributed by atoms with van der Waals surface area (Å²) in [5.74, 6) is 2.51. The van der Waals surface area contributed by atoms with E-state index < -0.39 is 0 Å². The highest BCUT2D eigenvalue weighted by Crippen LogP contribution is 2.58. The second kappa shape index (κ2) is 9.05. The molecule has 37 heavy (non-hydrogen) atoms. The molecule has 0 bridgehead atoms. The molecule has 1 saturated carbocycles. The number of nitrogens with one attached hydrogen (secondary N) is 1. The highest BCUT2D eigenvalue weighted by atomic mass is 16.7. The Hall–Kier alpha value is -3.06. The molecule has 7 heteroatoms. The first-order chi connectivity index (χ1) is 17.8. The molecule has 2 aromatic carbocycles. The van der Waals surface area contributed by atoms with Crippen LogP contribution >= 0.6 is 0 Å². The summed E-state index contributed by atoms with van der Waals surface area (Å²) in [4.78, 5) is 19.1. The number of nitrogens with zero attached hydrogens (tertiary/aromatic N) is 2. The van der Waals surface area contributed by atoms with E-state index in [0.29, 0.717) is 18.0 Å². The second-order valence-electron chi connectivity index (χ2n) is 11.8. The van der Waals surface area contributed by atoms with Gasteiger partial charge in [-0.1, -0.05) is 49.6 Å². The average molecular weight is 503 g/mol. The number of amidine groups is 1. The maximum Gasteiger partial charge on any atom is 0.231 e. The number of hydrogen-bond acceptors (Lipinski definition) is 5. The first kappa shape index (κ1) is 24.3. The third-order valence-corrected chi connectivity index (χ3v) is 9.65. The SMILES string of the molecule is CN1[C@H](c2ccc(C(=N)N)cc2)[C@@H]2C(=O)N(Cc3ccc4c(c3)OCO4)[C@@H](C3CCCCC3)[C@@H]2C1(C)C. The monoisotopic (exact) mass is 502 g/mol. The summed E-state index contributed by atoms with van der Waals surface area (Å²) < 4.78 is 11.2. The predicted molar refractivity (Wildman–Crippen MR) is 142 cm³/mol. The van der Waals surface area contributed by atoms with E-state index in [1.54, 1.807) is 0 Å². The zero-order valence-electron chi connectivity index (χ0n) is 22.1. The molecule has 3 aliphatic heterocycles. The van der Waals surface area contributed by atoms with Crippen LogP contribution in [0.25, 0.3) is 0 Å². The first-order valence-electron chi connectivity index (χ1n) is 13.6. The summed E-state index contributed by atoms with van der Waals surface area (Å²) in [6.45, 7) is 5.49. The normalized spacial score (nSPS) is 29.1. The van der Waals surface area contributed by atoms with Crippen molar-refractivity contribution in [3.63, 3.8) is 0 Å². The molecule has 7 nitrogen and oxygen atoms in total. The van der Waals surface area contributed by atoms with E-state index in [0.717, 1.165) is 22.6 Å². The van der Waals surface area contributed by atoms with E-state index in [9.17, 15) is 4.79 Å². The Balaban J connectivity index is 1.39. The Morgan fingerprint density at radius 3 is 2.46 bits per heavy atom. The largest absolute Gasteiger partial charge is 0.454 e. The molecule has 0 spiro atoms. The van der Waals surface area contributed by atoms with Crippen LogP contribution in [0.2, 0.25) is 0 Å². The molecule has 3 heterocycles. The van der Waals surface area contributed by atoms with Crippen molar-refractivity contribution >= 4 is 11.7 Å². The smallest absolute Gasteiger partial charge is 0.231 e. The Morgan fingerprint density at radius 1 is 1.05 bits per heavy atom. The van der Waals surface area contributed by atoms with Gasteiger partial charge in [0.05, 0.1) is 5.92 Å². The molecule has 2 aromatic rings. The Kier molecular flexibility index (Phi) is 5.94. The van der Waals surface area contributed by atoms with Crippen LogP contribution in [-0.2, 0) is 11.3 Å². The maximum absolute atomic E-state index is 14.5. The summed E-state index contributed by atoms with van der Waals surface area (Å²) in [6.07, 6.45) is 6.17. The van der Waals surface area contributed by atoms with Crippen molar-refractivity contribution in [1.29, 1.82) is 5.41 Å². The Labute approximate surface area is 219 Å². The number of hydrogen-bond donors (Lipinski definition) is 2. The van der Waals surface area contributed by atoms with Crippen LogP contribution < -0.4 is 15.2 Å². The van der Waals surface area contributed by atoms with Crippen molar-refractivity contribution in [3.05, 3.63) is 59.2 Å². The van der Waals surface area contributed by atoms with Crippen molar-refractivity contribution in [2.24, 2.45) is 23.5 Å². The number of amides is 1. The number of rotatable bonds is 5. The Morgan fingerprint density at radius 2 is 1.76 bits per heavy atom. The van der Waals surface area contributed by atoms with Gasteiger partial charge in [-0.3, -0.25) is 15.1 Å². The number of fused-ring (bicyclic) bond motifs is 2. The first-order valence-corrected chi connectivity index (χ1v) is 13.6. The van der Waals surface area contributed by atoms with Crippen molar-refractivity contribution in [3.8, 4) is 11.5 Å². The quantitative estimate of drug-likeness (QED) is 0.457. The molecule has 0 aromatic heterocycles. The van der Waals surface area contributed by atoms with Gasteiger partial charge in [-0.2, -0.15) is 0 Å². The van der Waals surface area contributed by atoms with Crippen LogP contribution in [0.15, 0.2) is 42.5 Å². The summed E-state index contributed by atoms with van der Waals surface area (Å²) in [7, 11) is 2.18. The molecular weight excluding hydrogens is 464 g/mol. The van der Waals surface area contributed by atoms with Crippen LogP contribution in [0, 0.1) is 23.2 Å². The fourth-order valence-corrected chi connectivity index (χ4v) is 7.66. The maximum atomic E-state index is 14.5. The molecule has 0 radical (unpaired) electrons. The van der Waals surface area contributed by atoms with Crippen LogP contribution in [-0.4, -0.2) is 47.0 Å². The lowest BCUT2D eigenvalue weighted by Gasteiger charge is -2.44. The van der Waals surface area contributed by atoms with E-state index in [4.69, 9.17) is 20.6 Å². The second-order valence-corrected chi connectivity index (χ2v) is 11.8. The third kappa shape index (κ3) is 3.90. The number of benzene rings is 2. The zero-order valence-corrected chi connectivity index (χ0v) is 22.1. The lowest BCUT2D eigenvalue weighted by Crippen LogP contribution is -2.51. The fourth-order valence-electron chi connectivity index (χ4n) is 7.66. The van der Waals surface area contributed by atoms with Gasteiger partial charge in [-0.15, -0.1) is 0 Å². The molecular formula is C30H38N4O3. The van der Waals surface area contributed by atoms with Gasteiger partial charge in [0, 0.05) is 35.6 Å². The highest BCUT2D eigenvalue weighted by molar-refractivity contribution is 5.95. The van der Waals surface area contributed by atoms with Gasteiger partial charge >= 0.3 is 0 Å². The highest BCUT2D eigenvalue weighted by Gasteiger charge is 2.65. The van der Waals surface area contributed by atoms with Crippen molar-refractivity contribution in [2.45, 2.75) is 70.1 Å².